The third-order valence-corrected chi connectivity index (χ3v) is 3.11. The first-order chi connectivity index (χ1) is 4.04. The molecular formula is C6H11NOS. The Labute approximate surface area is 59.2 Å². The van der Waals surface area contributed by atoms with Crippen molar-refractivity contribution >= 4 is 16.9 Å². The van der Waals surface area contributed by atoms with Gasteiger partial charge in [0, 0.05) is 5.75 Å². The van der Waals surface area contributed by atoms with Gasteiger partial charge in [-0.2, -0.15) is 0 Å². The lowest BCUT2D eigenvalue weighted by atomic mass is 9.89. The van der Waals surface area contributed by atoms with Crippen molar-refractivity contribution in [3.63, 3.8) is 0 Å². The summed E-state index contributed by atoms with van der Waals surface area (Å²) in [5.74, 6) is 0.868. The van der Waals surface area contributed by atoms with E-state index in [-0.39, 0.29) is 16.6 Å². The maximum atomic E-state index is 10.8. The molecule has 0 saturated carbocycles. The largest absolute Gasteiger partial charge is 0.320 e. The molecule has 1 atom stereocenters. The van der Waals surface area contributed by atoms with E-state index in [1.54, 1.807) is 0 Å². The molecule has 0 unspecified atom stereocenters. The average Bonchev–Trinajstić information content (AvgIpc) is 1.97. The molecule has 0 bridgehead atoms. The zero-order chi connectivity index (χ0) is 7.07. The van der Waals surface area contributed by atoms with Crippen LogP contribution in [0.1, 0.15) is 13.8 Å². The molecule has 0 spiro atoms. The molecule has 0 aromatic carbocycles. The first-order valence-electron chi connectivity index (χ1n) is 2.96. The van der Waals surface area contributed by atoms with Crippen LogP contribution in [0.2, 0.25) is 0 Å². The molecule has 9 heavy (non-hydrogen) atoms. The molecule has 0 aromatic rings. The normalized spacial score (nSPS) is 33.2. The quantitative estimate of drug-likeness (QED) is 0.543. The maximum absolute atomic E-state index is 10.8. The summed E-state index contributed by atoms with van der Waals surface area (Å²) < 4.78 is 0. The van der Waals surface area contributed by atoms with Crippen molar-refractivity contribution in [2.75, 3.05) is 5.75 Å². The van der Waals surface area contributed by atoms with Gasteiger partial charge >= 0.3 is 0 Å². The minimum Gasteiger partial charge on any atom is -0.320 e. The van der Waals surface area contributed by atoms with Crippen molar-refractivity contribution in [1.29, 1.82) is 0 Å². The van der Waals surface area contributed by atoms with Crippen LogP contribution < -0.4 is 5.73 Å². The Balaban J connectivity index is 2.73. The first kappa shape index (κ1) is 7.09. The average molecular weight is 145 g/mol. The summed E-state index contributed by atoms with van der Waals surface area (Å²) in [5.41, 5.74) is 5.60. The lowest BCUT2D eigenvalue weighted by Crippen LogP contribution is -2.37. The fourth-order valence-corrected chi connectivity index (χ4v) is 1.95. The van der Waals surface area contributed by atoms with Crippen LogP contribution in [0.4, 0.5) is 0 Å². The highest BCUT2D eigenvalue weighted by atomic mass is 32.2. The molecule has 52 valence electrons. The van der Waals surface area contributed by atoms with E-state index in [1.807, 2.05) is 13.8 Å². The third-order valence-electron chi connectivity index (χ3n) is 1.68. The van der Waals surface area contributed by atoms with E-state index < -0.39 is 0 Å². The lowest BCUT2D eigenvalue weighted by Gasteiger charge is -2.19. The second-order valence-corrected chi connectivity index (χ2v) is 4.05. The highest BCUT2D eigenvalue weighted by Crippen LogP contribution is 2.34. The van der Waals surface area contributed by atoms with E-state index >= 15 is 0 Å². The van der Waals surface area contributed by atoms with Crippen LogP contribution >= 0.6 is 11.8 Å². The van der Waals surface area contributed by atoms with Gasteiger partial charge in [-0.15, -0.1) is 0 Å². The fraction of sp³-hybridized carbons (Fsp3) is 0.833. The molecule has 3 heteroatoms. The van der Waals surface area contributed by atoms with Gasteiger partial charge in [0.05, 0.1) is 6.04 Å². The Morgan fingerprint density at radius 2 is 2.33 bits per heavy atom. The SMILES string of the molecule is CC1(C)CSC(=O)[C@H]1N. The minimum absolute atomic E-state index is 0.0156. The van der Waals surface area contributed by atoms with Crippen LogP contribution in [-0.2, 0) is 4.79 Å². The molecule has 1 rings (SSSR count). The Morgan fingerprint density at radius 3 is 2.44 bits per heavy atom. The number of carbonyl (C=O) groups excluding carboxylic acids is 1. The molecule has 1 aliphatic heterocycles. The molecule has 2 nitrogen and oxygen atoms in total. The predicted molar refractivity (Wildman–Crippen MR) is 39.2 cm³/mol. The number of rotatable bonds is 0. The van der Waals surface area contributed by atoms with Crippen LogP contribution in [0.3, 0.4) is 0 Å². The summed E-state index contributed by atoms with van der Waals surface area (Å²) >= 11 is 1.35. The van der Waals surface area contributed by atoms with Crippen LogP contribution in [0.15, 0.2) is 0 Å². The molecule has 0 radical (unpaired) electrons. The van der Waals surface area contributed by atoms with Crippen LogP contribution in [0.25, 0.3) is 0 Å². The lowest BCUT2D eigenvalue weighted by molar-refractivity contribution is -0.113. The van der Waals surface area contributed by atoms with Crippen molar-refractivity contribution in [2.24, 2.45) is 11.1 Å². The summed E-state index contributed by atoms with van der Waals surface area (Å²) in [6.07, 6.45) is 0. The van der Waals surface area contributed by atoms with Gasteiger partial charge in [0.25, 0.3) is 0 Å². The topological polar surface area (TPSA) is 43.1 Å². The van der Waals surface area contributed by atoms with E-state index in [9.17, 15) is 4.79 Å². The van der Waals surface area contributed by atoms with Crippen LogP contribution in [0.5, 0.6) is 0 Å². The van der Waals surface area contributed by atoms with Gasteiger partial charge in [0.2, 0.25) is 5.12 Å². The molecule has 1 saturated heterocycles. The van der Waals surface area contributed by atoms with E-state index in [4.69, 9.17) is 5.73 Å². The van der Waals surface area contributed by atoms with Crippen molar-refractivity contribution in [3.05, 3.63) is 0 Å². The summed E-state index contributed by atoms with van der Waals surface area (Å²) in [6.45, 7) is 4.05. The summed E-state index contributed by atoms with van der Waals surface area (Å²) in [4.78, 5) is 10.8. The zero-order valence-electron chi connectivity index (χ0n) is 5.68. The zero-order valence-corrected chi connectivity index (χ0v) is 6.49. The van der Waals surface area contributed by atoms with E-state index in [1.165, 1.54) is 11.8 Å². The molecular weight excluding hydrogens is 134 g/mol. The molecule has 1 fully saturated rings. The van der Waals surface area contributed by atoms with Gasteiger partial charge in [-0.05, 0) is 5.41 Å². The predicted octanol–water partition coefficient (Wildman–Crippen LogP) is 0.613. The summed E-state index contributed by atoms with van der Waals surface area (Å²) in [7, 11) is 0. The van der Waals surface area contributed by atoms with Gasteiger partial charge in [0.15, 0.2) is 0 Å². The Morgan fingerprint density at radius 1 is 1.78 bits per heavy atom. The van der Waals surface area contributed by atoms with Gasteiger partial charge in [-0.1, -0.05) is 25.6 Å². The number of hydrogen-bond donors (Lipinski definition) is 1. The smallest absolute Gasteiger partial charge is 0.206 e. The number of nitrogens with two attached hydrogens (primary N) is 1. The van der Waals surface area contributed by atoms with Crippen LogP contribution in [-0.4, -0.2) is 16.9 Å². The van der Waals surface area contributed by atoms with Crippen molar-refractivity contribution in [1.82, 2.24) is 0 Å². The number of hydrogen-bond acceptors (Lipinski definition) is 3. The van der Waals surface area contributed by atoms with Gasteiger partial charge in [0.1, 0.15) is 0 Å². The van der Waals surface area contributed by atoms with E-state index in [0.717, 1.165) is 5.75 Å². The second kappa shape index (κ2) is 1.99. The highest BCUT2D eigenvalue weighted by Gasteiger charge is 2.38. The Hall–Kier alpha value is -0.0200. The monoisotopic (exact) mass is 145 g/mol. The van der Waals surface area contributed by atoms with Crippen molar-refractivity contribution in [3.8, 4) is 0 Å². The van der Waals surface area contributed by atoms with Crippen molar-refractivity contribution < 1.29 is 4.79 Å². The molecule has 0 aromatic heterocycles. The fourth-order valence-electron chi connectivity index (χ4n) is 0.756. The van der Waals surface area contributed by atoms with E-state index in [2.05, 4.69) is 0 Å². The summed E-state index contributed by atoms with van der Waals surface area (Å²) in [6, 6.07) is -0.248. The van der Waals surface area contributed by atoms with Gasteiger partial charge in [-0.3, -0.25) is 4.79 Å². The van der Waals surface area contributed by atoms with Gasteiger partial charge in [-0.25, -0.2) is 0 Å². The number of thioether (sulfide) groups is 1. The minimum atomic E-state index is -0.248. The molecule has 2 N–H and O–H groups in total. The van der Waals surface area contributed by atoms with Gasteiger partial charge < -0.3 is 5.73 Å². The first-order valence-corrected chi connectivity index (χ1v) is 3.95. The Kier molecular flexibility index (Phi) is 1.57. The highest BCUT2D eigenvalue weighted by molar-refractivity contribution is 8.14. The molecule has 1 heterocycles. The number of carbonyl (C=O) groups is 1. The molecule has 0 aliphatic carbocycles. The maximum Gasteiger partial charge on any atom is 0.206 e. The standard InChI is InChI=1S/C6H11NOS/c1-6(2)3-9-5(8)4(6)7/h4H,3,7H2,1-2H3/t4-/m1/s1. The van der Waals surface area contributed by atoms with Crippen molar-refractivity contribution in [2.45, 2.75) is 19.9 Å². The molecule has 1 aliphatic rings. The third kappa shape index (κ3) is 1.12. The van der Waals surface area contributed by atoms with Crippen LogP contribution in [0, 0.1) is 5.41 Å². The van der Waals surface area contributed by atoms with E-state index in [0.29, 0.717) is 0 Å². The second-order valence-electron chi connectivity index (χ2n) is 3.07. The Bertz CT molecular complexity index is 144. The molecule has 0 amide bonds. The summed E-state index contributed by atoms with van der Waals surface area (Å²) in [5, 5.41) is 0.139.